The van der Waals surface area contributed by atoms with Gasteiger partial charge in [-0.2, -0.15) is 0 Å². The summed E-state index contributed by atoms with van der Waals surface area (Å²) in [5, 5.41) is 2.17. The zero-order valence-corrected chi connectivity index (χ0v) is 6.04. The van der Waals surface area contributed by atoms with Gasteiger partial charge in [0.2, 0.25) is 6.41 Å². The lowest BCUT2D eigenvalue weighted by Crippen LogP contribution is -1.95. The topological polar surface area (TPSA) is 33.5 Å². The number of carbonyl (C=O) groups excluding carboxylic acids is 1. The molecule has 12 heavy (non-hydrogen) atoms. The lowest BCUT2D eigenvalue weighted by molar-refractivity contribution is -0.105. The molecule has 1 aromatic carbocycles. The van der Waals surface area contributed by atoms with E-state index in [1.54, 1.807) is 0 Å². The Morgan fingerprint density at radius 1 is 1.58 bits per heavy atom. The summed E-state index contributed by atoms with van der Waals surface area (Å²) >= 11 is 0. The van der Waals surface area contributed by atoms with E-state index in [9.17, 15) is 9.18 Å². The molecule has 0 aliphatic rings. The summed E-state index contributed by atoms with van der Waals surface area (Å²) in [6, 6.07) is 3.85. The number of nitrogens with one attached hydrogen (secondary N) is 1. The largest absolute Gasteiger partial charge is 0.326 e. The van der Waals surface area contributed by atoms with Gasteiger partial charge < -0.3 is 5.32 Å². The van der Waals surface area contributed by atoms with E-state index in [1.807, 2.05) is 0 Å². The summed E-state index contributed by atoms with van der Waals surface area (Å²) in [5.41, 5.74) is 0.293. The Morgan fingerprint density at radius 3 is 2.83 bits per heavy atom. The SMILES string of the molecule is [C-]#[N+]c1ccc(NC=O)c(F)c1. The number of anilines is 1. The molecule has 0 saturated heterocycles. The van der Waals surface area contributed by atoms with Crippen LogP contribution in [0.1, 0.15) is 0 Å². The van der Waals surface area contributed by atoms with Gasteiger partial charge in [-0.15, -0.1) is 0 Å². The van der Waals surface area contributed by atoms with Gasteiger partial charge in [-0.05, 0) is 12.1 Å². The number of halogens is 1. The molecule has 3 nitrogen and oxygen atoms in total. The molecule has 0 unspecified atom stereocenters. The van der Waals surface area contributed by atoms with Crippen molar-refractivity contribution in [2.24, 2.45) is 0 Å². The van der Waals surface area contributed by atoms with Gasteiger partial charge in [0.1, 0.15) is 5.82 Å². The fraction of sp³-hybridized carbons (Fsp3) is 0. The molecule has 1 aromatic rings. The van der Waals surface area contributed by atoms with Crippen LogP contribution in [0.2, 0.25) is 0 Å². The Bertz CT molecular complexity index is 343. The summed E-state index contributed by atoms with van der Waals surface area (Å²) in [6.45, 7) is 6.58. The molecular weight excluding hydrogens is 159 g/mol. The average Bonchev–Trinajstić information content (AvgIpc) is 2.09. The Kier molecular flexibility index (Phi) is 2.38. The lowest BCUT2D eigenvalue weighted by Gasteiger charge is -1.99. The summed E-state index contributed by atoms with van der Waals surface area (Å²) in [6.07, 6.45) is 0.385. The first-order chi connectivity index (χ1) is 5.77. The molecule has 0 spiro atoms. The Labute approximate surface area is 68.6 Å². The van der Waals surface area contributed by atoms with Gasteiger partial charge in [0.25, 0.3) is 0 Å². The van der Waals surface area contributed by atoms with E-state index < -0.39 is 5.82 Å². The van der Waals surface area contributed by atoms with Crippen molar-refractivity contribution in [3.8, 4) is 0 Å². The number of amides is 1. The van der Waals surface area contributed by atoms with Gasteiger partial charge in [-0.3, -0.25) is 4.79 Å². The zero-order valence-electron chi connectivity index (χ0n) is 6.04. The van der Waals surface area contributed by atoms with Crippen LogP contribution in [0.15, 0.2) is 18.2 Å². The van der Waals surface area contributed by atoms with E-state index in [4.69, 9.17) is 6.57 Å². The summed E-state index contributed by atoms with van der Waals surface area (Å²) in [7, 11) is 0. The second kappa shape index (κ2) is 3.49. The van der Waals surface area contributed by atoms with Crippen molar-refractivity contribution < 1.29 is 9.18 Å². The van der Waals surface area contributed by atoms with Crippen LogP contribution in [0, 0.1) is 12.4 Å². The van der Waals surface area contributed by atoms with Crippen LogP contribution in [0.4, 0.5) is 15.8 Å². The fourth-order valence-corrected chi connectivity index (χ4v) is 0.754. The van der Waals surface area contributed by atoms with Crippen LogP contribution in [0.25, 0.3) is 4.85 Å². The minimum absolute atomic E-state index is 0.0809. The second-order valence-electron chi connectivity index (χ2n) is 2.04. The third-order valence-electron chi connectivity index (χ3n) is 1.30. The van der Waals surface area contributed by atoms with Crippen molar-refractivity contribution in [3.63, 3.8) is 0 Å². The third kappa shape index (κ3) is 1.58. The smallest absolute Gasteiger partial charge is 0.211 e. The molecule has 0 aliphatic heterocycles. The number of hydrogen-bond donors (Lipinski definition) is 1. The van der Waals surface area contributed by atoms with E-state index in [2.05, 4.69) is 10.2 Å². The molecular formula is C8H5FN2O. The van der Waals surface area contributed by atoms with Crippen LogP contribution >= 0.6 is 0 Å². The maximum atomic E-state index is 12.9. The number of nitrogens with zero attached hydrogens (tertiary/aromatic N) is 1. The first-order valence-electron chi connectivity index (χ1n) is 3.15. The van der Waals surface area contributed by atoms with Crippen molar-refractivity contribution in [2.75, 3.05) is 5.32 Å². The van der Waals surface area contributed by atoms with Crippen LogP contribution in [-0.2, 0) is 4.79 Å². The summed E-state index contributed by atoms with van der Waals surface area (Å²) < 4.78 is 12.9. The fourth-order valence-electron chi connectivity index (χ4n) is 0.754. The lowest BCUT2D eigenvalue weighted by atomic mass is 10.3. The van der Waals surface area contributed by atoms with E-state index in [-0.39, 0.29) is 11.4 Å². The van der Waals surface area contributed by atoms with Crippen molar-refractivity contribution in [2.45, 2.75) is 0 Å². The highest BCUT2D eigenvalue weighted by molar-refractivity contribution is 5.72. The average molecular weight is 164 g/mol. The normalized spacial score (nSPS) is 8.67. The maximum absolute atomic E-state index is 12.9. The van der Waals surface area contributed by atoms with Crippen LogP contribution in [0.5, 0.6) is 0 Å². The molecule has 0 fully saturated rings. The molecule has 0 aliphatic carbocycles. The highest BCUT2D eigenvalue weighted by Crippen LogP contribution is 2.20. The second-order valence-corrected chi connectivity index (χ2v) is 2.04. The van der Waals surface area contributed by atoms with Crippen LogP contribution < -0.4 is 5.32 Å². The highest BCUT2D eigenvalue weighted by Gasteiger charge is 2.00. The molecule has 60 valence electrons. The summed E-state index contributed by atoms with van der Waals surface area (Å²) in [4.78, 5) is 13.0. The van der Waals surface area contributed by atoms with E-state index in [1.165, 1.54) is 12.1 Å². The quantitative estimate of drug-likeness (QED) is 0.526. The Morgan fingerprint density at radius 2 is 2.33 bits per heavy atom. The third-order valence-corrected chi connectivity index (χ3v) is 1.30. The highest BCUT2D eigenvalue weighted by atomic mass is 19.1. The molecule has 1 rings (SSSR count). The monoisotopic (exact) mass is 164 g/mol. The van der Waals surface area contributed by atoms with Gasteiger partial charge in [0, 0.05) is 0 Å². The first kappa shape index (κ1) is 8.21. The van der Waals surface area contributed by atoms with Crippen LogP contribution in [0.3, 0.4) is 0 Å². The standard InChI is InChI=1S/C8H5FN2O/c1-10-6-2-3-8(11-5-12)7(9)4-6/h2-5H,(H,11,12). The number of benzene rings is 1. The van der Waals surface area contributed by atoms with Crippen LogP contribution in [-0.4, -0.2) is 6.41 Å². The molecule has 0 atom stereocenters. The van der Waals surface area contributed by atoms with Crippen molar-refractivity contribution in [1.29, 1.82) is 0 Å². The molecule has 4 heteroatoms. The molecule has 1 N–H and O–H groups in total. The number of hydrogen-bond acceptors (Lipinski definition) is 1. The zero-order chi connectivity index (χ0) is 8.97. The van der Waals surface area contributed by atoms with E-state index in [0.29, 0.717) is 6.41 Å². The molecule has 0 aromatic heterocycles. The molecule has 0 heterocycles. The molecule has 0 saturated carbocycles. The minimum Gasteiger partial charge on any atom is -0.326 e. The van der Waals surface area contributed by atoms with Gasteiger partial charge in [0.05, 0.1) is 12.3 Å². The van der Waals surface area contributed by atoms with Gasteiger partial charge in [-0.1, -0.05) is 6.07 Å². The van der Waals surface area contributed by atoms with Crippen molar-refractivity contribution >= 4 is 17.8 Å². The minimum atomic E-state index is -0.601. The van der Waals surface area contributed by atoms with Gasteiger partial charge >= 0.3 is 0 Å². The maximum Gasteiger partial charge on any atom is 0.211 e. The van der Waals surface area contributed by atoms with Crippen molar-refractivity contribution in [3.05, 3.63) is 35.4 Å². The predicted molar refractivity (Wildman–Crippen MR) is 42.3 cm³/mol. The van der Waals surface area contributed by atoms with E-state index in [0.717, 1.165) is 6.07 Å². The predicted octanol–water partition coefficient (Wildman–Crippen LogP) is 1.94. The van der Waals surface area contributed by atoms with E-state index >= 15 is 0 Å². The Hall–Kier alpha value is -1.89. The summed E-state index contributed by atoms with van der Waals surface area (Å²) in [5.74, 6) is -0.601. The number of carbonyl (C=O) groups is 1. The van der Waals surface area contributed by atoms with Gasteiger partial charge in [-0.25, -0.2) is 9.24 Å². The Balaban J connectivity index is 3.04. The van der Waals surface area contributed by atoms with Gasteiger partial charge in [0.15, 0.2) is 5.69 Å². The first-order valence-corrected chi connectivity index (χ1v) is 3.15. The molecule has 1 amide bonds. The number of rotatable bonds is 2. The molecule has 0 bridgehead atoms. The van der Waals surface area contributed by atoms with Crippen molar-refractivity contribution in [1.82, 2.24) is 0 Å². The molecule has 0 radical (unpaired) electrons.